The Hall–Kier alpha value is -1.72. The fourth-order valence-electron chi connectivity index (χ4n) is 1.50. The average molecular weight is 194 g/mol. The third kappa shape index (κ3) is 1.11. The van der Waals surface area contributed by atoms with Gasteiger partial charge in [0.1, 0.15) is 5.52 Å². The van der Waals surface area contributed by atoms with Crippen molar-refractivity contribution < 1.29 is 0 Å². The molecule has 0 unspecified atom stereocenters. The third-order valence-electron chi connectivity index (χ3n) is 2.25. The lowest BCUT2D eigenvalue weighted by atomic mass is 10.6. The first-order valence-corrected chi connectivity index (χ1v) is 4.70. The maximum Gasteiger partial charge on any atom is 0.223 e. The van der Waals surface area contributed by atoms with Gasteiger partial charge in [0.25, 0.3) is 0 Å². The van der Waals surface area contributed by atoms with Crippen molar-refractivity contribution in [2.75, 3.05) is 23.8 Å². The van der Waals surface area contributed by atoms with E-state index in [1.54, 1.807) is 21.8 Å². The average Bonchev–Trinajstić information content (AvgIpc) is 2.74. The highest BCUT2D eigenvalue weighted by Gasteiger charge is 2.09. The molecule has 0 aliphatic carbocycles. The van der Waals surface area contributed by atoms with E-state index in [4.69, 9.17) is 5.73 Å². The Labute approximate surface area is 81.9 Å². The number of imidazole rings is 1. The van der Waals surface area contributed by atoms with Crippen molar-refractivity contribution in [3.63, 3.8) is 0 Å². The van der Waals surface area contributed by atoms with Crippen LogP contribution in [0.3, 0.4) is 0 Å². The molecule has 0 saturated carbocycles. The van der Waals surface area contributed by atoms with Gasteiger partial charge in [-0.1, -0.05) is 0 Å². The van der Waals surface area contributed by atoms with Gasteiger partial charge in [-0.2, -0.15) is 4.52 Å². The van der Waals surface area contributed by atoms with E-state index in [2.05, 4.69) is 28.9 Å². The molecule has 2 aromatic rings. The van der Waals surface area contributed by atoms with Crippen LogP contribution < -0.4 is 10.7 Å². The van der Waals surface area contributed by atoms with Gasteiger partial charge < -0.3 is 5.73 Å². The molecule has 0 saturated heterocycles. The number of fused-ring (bicyclic) bond motifs is 1. The molecule has 0 aromatic carbocycles. The predicted molar refractivity (Wildman–Crippen MR) is 54.7 cm³/mol. The number of hydrogen-bond donors (Lipinski definition) is 1. The first-order chi connectivity index (χ1) is 6.77. The molecule has 14 heavy (non-hydrogen) atoms. The molecule has 0 atom stereocenters. The van der Waals surface area contributed by atoms with Gasteiger partial charge in [0, 0.05) is 13.1 Å². The Balaban J connectivity index is 2.55. The minimum Gasteiger partial charge on any atom is -0.368 e. The van der Waals surface area contributed by atoms with E-state index in [-0.39, 0.29) is 0 Å². The molecule has 6 nitrogen and oxygen atoms in total. The fourth-order valence-corrected chi connectivity index (χ4v) is 1.50. The molecule has 0 aliphatic rings. The van der Waals surface area contributed by atoms with E-state index < -0.39 is 0 Å². The van der Waals surface area contributed by atoms with Crippen LogP contribution in [0, 0.1) is 0 Å². The zero-order chi connectivity index (χ0) is 10.1. The van der Waals surface area contributed by atoms with Crippen molar-refractivity contribution in [3.8, 4) is 0 Å². The molecule has 2 heterocycles. The Morgan fingerprint density at radius 3 is 2.71 bits per heavy atom. The maximum atomic E-state index is 5.73. The van der Waals surface area contributed by atoms with E-state index >= 15 is 0 Å². The summed E-state index contributed by atoms with van der Waals surface area (Å²) >= 11 is 0. The van der Waals surface area contributed by atoms with Crippen molar-refractivity contribution in [1.29, 1.82) is 0 Å². The van der Waals surface area contributed by atoms with Crippen LogP contribution in [-0.4, -0.2) is 32.6 Å². The summed E-state index contributed by atoms with van der Waals surface area (Å²) in [5.41, 5.74) is 6.64. The maximum absolute atomic E-state index is 5.73. The molecule has 2 rings (SSSR count). The molecule has 0 amide bonds. The van der Waals surface area contributed by atoms with Crippen molar-refractivity contribution >= 4 is 11.5 Å². The van der Waals surface area contributed by atoms with Crippen LogP contribution in [0.4, 0.5) is 5.95 Å². The number of hydrogen-bond acceptors (Lipinski definition) is 4. The van der Waals surface area contributed by atoms with E-state index in [1.807, 2.05) is 0 Å². The lowest BCUT2D eigenvalue weighted by Gasteiger charge is -2.20. The molecule has 2 aromatic heterocycles. The van der Waals surface area contributed by atoms with Crippen LogP contribution in [0.15, 0.2) is 12.4 Å². The SMILES string of the molecule is CCN(CC)n1ncc2cnc(N)n21. The lowest BCUT2D eigenvalue weighted by molar-refractivity contribution is 0.470. The van der Waals surface area contributed by atoms with Gasteiger partial charge in [-0.25, -0.2) is 4.98 Å². The van der Waals surface area contributed by atoms with Crippen molar-refractivity contribution in [2.45, 2.75) is 13.8 Å². The molecule has 0 fully saturated rings. The summed E-state index contributed by atoms with van der Waals surface area (Å²) in [4.78, 5) is 5.77. The number of nitrogen functional groups attached to an aromatic ring is 1. The molecular formula is C8H14N6. The van der Waals surface area contributed by atoms with Gasteiger partial charge >= 0.3 is 0 Å². The molecular weight excluding hydrogens is 180 g/mol. The number of rotatable bonds is 3. The van der Waals surface area contributed by atoms with Gasteiger partial charge in [-0.05, 0) is 13.8 Å². The summed E-state index contributed by atoms with van der Waals surface area (Å²) in [5, 5.41) is 6.30. The van der Waals surface area contributed by atoms with Crippen molar-refractivity contribution in [1.82, 2.24) is 19.5 Å². The standard InChI is InChI=1S/C8H14N6/c1-3-12(4-2)14-11-6-7-5-10-8(9)13(7)14/h5-6H,3-4H2,1-2H3,(H2,9,10). The monoisotopic (exact) mass is 194 g/mol. The molecule has 2 N–H and O–H groups in total. The Morgan fingerprint density at radius 1 is 1.36 bits per heavy atom. The van der Waals surface area contributed by atoms with Gasteiger partial charge in [-0.15, -0.1) is 10.0 Å². The zero-order valence-corrected chi connectivity index (χ0v) is 8.38. The van der Waals surface area contributed by atoms with Crippen molar-refractivity contribution in [2.24, 2.45) is 0 Å². The van der Waals surface area contributed by atoms with Gasteiger partial charge in [0.05, 0.1) is 12.4 Å². The minimum absolute atomic E-state index is 0.462. The van der Waals surface area contributed by atoms with Crippen LogP contribution in [0.2, 0.25) is 0 Å². The highest BCUT2D eigenvalue weighted by atomic mass is 15.8. The van der Waals surface area contributed by atoms with E-state index in [0.29, 0.717) is 5.95 Å². The van der Waals surface area contributed by atoms with E-state index in [1.165, 1.54) is 0 Å². The van der Waals surface area contributed by atoms with Crippen LogP contribution in [0.25, 0.3) is 5.52 Å². The molecule has 6 heteroatoms. The highest BCUT2D eigenvalue weighted by molar-refractivity contribution is 5.47. The molecule has 0 spiro atoms. The summed E-state index contributed by atoms with van der Waals surface area (Å²) in [6.07, 6.45) is 3.46. The Kier molecular flexibility index (Phi) is 2.03. The van der Waals surface area contributed by atoms with Gasteiger partial charge in [-0.3, -0.25) is 5.01 Å². The van der Waals surface area contributed by atoms with E-state index in [9.17, 15) is 0 Å². The molecule has 76 valence electrons. The Morgan fingerprint density at radius 2 is 2.07 bits per heavy atom. The smallest absolute Gasteiger partial charge is 0.223 e. The molecule has 0 radical (unpaired) electrons. The summed E-state index contributed by atoms with van der Waals surface area (Å²) in [6, 6.07) is 0. The van der Waals surface area contributed by atoms with Gasteiger partial charge in [0.2, 0.25) is 5.95 Å². The third-order valence-corrected chi connectivity index (χ3v) is 2.25. The summed E-state index contributed by atoms with van der Waals surface area (Å²) in [7, 11) is 0. The first-order valence-electron chi connectivity index (χ1n) is 4.70. The summed E-state index contributed by atoms with van der Waals surface area (Å²) < 4.78 is 1.78. The quantitative estimate of drug-likeness (QED) is 0.752. The second kappa shape index (κ2) is 3.21. The highest BCUT2D eigenvalue weighted by Crippen LogP contribution is 2.07. The molecule has 0 aliphatic heterocycles. The minimum atomic E-state index is 0.462. The fraction of sp³-hybridized carbons (Fsp3) is 0.500. The van der Waals surface area contributed by atoms with Crippen LogP contribution in [0.1, 0.15) is 13.8 Å². The lowest BCUT2D eigenvalue weighted by Crippen LogP contribution is -2.38. The van der Waals surface area contributed by atoms with Crippen LogP contribution in [-0.2, 0) is 0 Å². The van der Waals surface area contributed by atoms with E-state index in [0.717, 1.165) is 18.6 Å². The number of nitrogens with zero attached hydrogens (tertiary/aromatic N) is 5. The van der Waals surface area contributed by atoms with Crippen LogP contribution in [0.5, 0.6) is 0 Å². The van der Waals surface area contributed by atoms with Crippen molar-refractivity contribution in [3.05, 3.63) is 12.4 Å². The van der Waals surface area contributed by atoms with Crippen LogP contribution >= 0.6 is 0 Å². The largest absolute Gasteiger partial charge is 0.368 e. The second-order valence-electron chi connectivity index (χ2n) is 3.00. The normalized spacial score (nSPS) is 11.0. The zero-order valence-electron chi connectivity index (χ0n) is 8.38. The number of nitrogens with two attached hydrogens (primary N) is 1. The number of anilines is 1. The second-order valence-corrected chi connectivity index (χ2v) is 3.00. The summed E-state index contributed by atoms with van der Waals surface area (Å²) in [5.74, 6) is 0.462. The predicted octanol–water partition coefficient (Wildman–Crippen LogP) is 0.0908. The molecule has 0 bridgehead atoms. The Bertz CT molecular complexity index is 424. The topological polar surface area (TPSA) is 64.4 Å². The first kappa shape index (κ1) is 8.86. The number of aromatic nitrogens is 4. The van der Waals surface area contributed by atoms with Gasteiger partial charge in [0.15, 0.2) is 0 Å². The summed E-state index contributed by atoms with van der Waals surface area (Å²) in [6.45, 7) is 5.91.